The molecule has 0 radical (unpaired) electrons. The van der Waals surface area contributed by atoms with Crippen LogP contribution in [-0.4, -0.2) is 19.1 Å². The largest absolute Gasteiger partial charge is 0.492 e. The highest BCUT2D eigenvalue weighted by atomic mass is 16.5. The molecule has 3 rings (SSSR count). The van der Waals surface area contributed by atoms with Crippen molar-refractivity contribution in [3.63, 3.8) is 0 Å². The molecule has 0 spiro atoms. The number of fused-ring (bicyclic) bond motifs is 1. The van der Waals surface area contributed by atoms with Crippen LogP contribution in [0.15, 0.2) is 42.5 Å². The summed E-state index contributed by atoms with van der Waals surface area (Å²) in [6, 6.07) is 13.5. The quantitative estimate of drug-likeness (QED) is 0.887. The van der Waals surface area contributed by atoms with Gasteiger partial charge in [-0.15, -0.1) is 0 Å². The van der Waals surface area contributed by atoms with Gasteiger partial charge in [0, 0.05) is 0 Å². The Hall–Kier alpha value is -2.49. The van der Waals surface area contributed by atoms with Crippen LogP contribution < -0.4 is 14.8 Å². The minimum absolute atomic E-state index is 0.0146. The van der Waals surface area contributed by atoms with E-state index in [1.165, 1.54) is 17.5 Å². The number of anilines is 1. The molecule has 2 aromatic carbocycles. The number of para-hydroxylation sites is 2. The highest BCUT2D eigenvalue weighted by Crippen LogP contribution is 2.26. The lowest BCUT2D eigenvalue weighted by Gasteiger charge is -2.12. The van der Waals surface area contributed by atoms with Crippen molar-refractivity contribution in [2.45, 2.75) is 26.2 Å². The Morgan fingerprint density at radius 3 is 2.78 bits per heavy atom. The minimum Gasteiger partial charge on any atom is -0.492 e. The highest BCUT2D eigenvalue weighted by molar-refractivity contribution is 5.93. The number of carbonyl (C=O) groups is 1. The molecule has 1 amide bonds. The van der Waals surface area contributed by atoms with E-state index in [9.17, 15) is 4.79 Å². The predicted molar refractivity (Wildman–Crippen MR) is 90.2 cm³/mol. The van der Waals surface area contributed by atoms with Gasteiger partial charge in [0.2, 0.25) is 0 Å². The van der Waals surface area contributed by atoms with E-state index in [4.69, 9.17) is 9.47 Å². The number of ether oxygens (including phenoxy) is 2. The zero-order valence-corrected chi connectivity index (χ0v) is 13.3. The van der Waals surface area contributed by atoms with Gasteiger partial charge in [-0.3, -0.25) is 4.79 Å². The van der Waals surface area contributed by atoms with E-state index in [2.05, 4.69) is 11.4 Å². The molecule has 0 heterocycles. The van der Waals surface area contributed by atoms with Gasteiger partial charge in [-0.05, 0) is 61.6 Å². The van der Waals surface area contributed by atoms with Crippen LogP contribution in [-0.2, 0) is 17.6 Å². The zero-order chi connectivity index (χ0) is 16.1. The molecule has 0 bridgehead atoms. The average molecular weight is 311 g/mol. The monoisotopic (exact) mass is 311 g/mol. The van der Waals surface area contributed by atoms with Gasteiger partial charge in [0.05, 0.1) is 12.3 Å². The fourth-order valence-electron chi connectivity index (χ4n) is 2.82. The van der Waals surface area contributed by atoms with Crippen LogP contribution in [0.4, 0.5) is 5.69 Å². The predicted octanol–water partition coefficient (Wildman–Crippen LogP) is 3.59. The van der Waals surface area contributed by atoms with E-state index in [1.807, 2.05) is 43.3 Å². The van der Waals surface area contributed by atoms with Crippen molar-refractivity contribution < 1.29 is 14.3 Å². The van der Waals surface area contributed by atoms with Gasteiger partial charge in [0.1, 0.15) is 11.5 Å². The Morgan fingerprint density at radius 2 is 1.91 bits per heavy atom. The summed E-state index contributed by atoms with van der Waals surface area (Å²) in [5.74, 6) is 1.22. The van der Waals surface area contributed by atoms with Crippen molar-refractivity contribution in [1.82, 2.24) is 0 Å². The van der Waals surface area contributed by atoms with Crippen LogP contribution in [0.5, 0.6) is 11.5 Å². The van der Waals surface area contributed by atoms with Crippen LogP contribution in [0.1, 0.15) is 24.5 Å². The molecular formula is C19H21NO3. The Labute approximate surface area is 136 Å². The zero-order valence-electron chi connectivity index (χ0n) is 13.3. The Bertz CT molecular complexity index is 697. The number of aryl methyl sites for hydroxylation is 2. The lowest BCUT2D eigenvalue weighted by atomic mass is 10.1. The lowest BCUT2D eigenvalue weighted by molar-refractivity contribution is -0.118. The molecule has 2 aromatic rings. The van der Waals surface area contributed by atoms with E-state index in [1.54, 1.807) is 0 Å². The van der Waals surface area contributed by atoms with E-state index in [-0.39, 0.29) is 12.5 Å². The molecule has 120 valence electrons. The molecule has 0 fully saturated rings. The van der Waals surface area contributed by atoms with E-state index < -0.39 is 0 Å². The molecule has 23 heavy (non-hydrogen) atoms. The maximum Gasteiger partial charge on any atom is 0.262 e. The van der Waals surface area contributed by atoms with E-state index in [0.29, 0.717) is 18.0 Å². The van der Waals surface area contributed by atoms with Gasteiger partial charge >= 0.3 is 0 Å². The van der Waals surface area contributed by atoms with E-state index >= 15 is 0 Å². The second-order valence-corrected chi connectivity index (χ2v) is 5.55. The fraction of sp³-hybridized carbons (Fsp3) is 0.316. The fourth-order valence-corrected chi connectivity index (χ4v) is 2.82. The number of hydrogen-bond donors (Lipinski definition) is 1. The normalized spacial score (nSPS) is 12.6. The minimum atomic E-state index is -0.197. The number of rotatable bonds is 6. The summed E-state index contributed by atoms with van der Waals surface area (Å²) in [4.78, 5) is 12.1. The van der Waals surface area contributed by atoms with Gasteiger partial charge in [-0.1, -0.05) is 18.2 Å². The summed E-state index contributed by atoms with van der Waals surface area (Å²) in [6.07, 6.45) is 3.44. The first-order chi connectivity index (χ1) is 11.3. The van der Waals surface area contributed by atoms with Crippen LogP contribution in [0.25, 0.3) is 0 Å². The second kappa shape index (κ2) is 7.18. The average Bonchev–Trinajstić information content (AvgIpc) is 3.03. The molecule has 4 nitrogen and oxygen atoms in total. The maximum atomic E-state index is 12.1. The van der Waals surface area contributed by atoms with Crippen molar-refractivity contribution in [3.8, 4) is 11.5 Å². The molecular weight excluding hydrogens is 290 g/mol. The Balaban J connectivity index is 1.58. The summed E-state index contributed by atoms with van der Waals surface area (Å²) in [5.41, 5.74) is 3.40. The topological polar surface area (TPSA) is 47.6 Å². The third kappa shape index (κ3) is 3.83. The van der Waals surface area contributed by atoms with Crippen molar-refractivity contribution in [2.75, 3.05) is 18.5 Å². The van der Waals surface area contributed by atoms with Gasteiger partial charge in [-0.2, -0.15) is 0 Å². The number of hydrogen-bond acceptors (Lipinski definition) is 3. The number of benzene rings is 2. The van der Waals surface area contributed by atoms with Crippen LogP contribution >= 0.6 is 0 Å². The van der Waals surface area contributed by atoms with Crippen LogP contribution in [0.3, 0.4) is 0 Å². The van der Waals surface area contributed by atoms with Gasteiger partial charge in [0.15, 0.2) is 6.61 Å². The molecule has 1 aliphatic rings. The van der Waals surface area contributed by atoms with Crippen LogP contribution in [0.2, 0.25) is 0 Å². The molecule has 1 N–H and O–H groups in total. The molecule has 0 atom stereocenters. The highest BCUT2D eigenvalue weighted by Gasteiger charge is 2.12. The number of nitrogens with one attached hydrogen (secondary N) is 1. The smallest absolute Gasteiger partial charge is 0.262 e. The van der Waals surface area contributed by atoms with Gasteiger partial charge < -0.3 is 14.8 Å². The van der Waals surface area contributed by atoms with Crippen LogP contribution in [0, 0.1) is 0 Å². The number of amides is 1. The van der Waals surface area contributed by atoms with Crippen molar-refractivity contribution in [2.24, 2.45) is 0 Å². The Kier molecular flexibility index (Phi) is 4.81. The third-order valence-electron chi connectivity index (χ3n) is 3.90. The second-order valence-electron chi connectivity index (χ2n) is 5.55. The first-order valence-corrected chi connectivity index (χ1v) is 8.02. The SMILES string of the molecule is CCOc1ccccc1NC(=O)COc1ccc2c(c1)CCC2. The molecule has 0 saturated heterocycles. The summed E-state index contributed by atoms with van der Waals surface area (Å²) < 4.78 is 11.1. The summed E-state index contributed by atoms with van der Waals surface area (Å²) >= 11 is 0. The summed E-state index contributed by atoms with van der Waals surface area (Å²) in [5, 5.41) is 2.83. The van der Waals surface area contributed by atoms with Gasteiger partial charge in [-0.25, -0.2) is 0 Å². The first-order valence-electron chi connectivity index (χ1n) is 8.02. The molecule has 0 aliphatic heterocycles. The number of carbonyl (C=O) groups excluding carboxylic acids is 1. The molecule has 0 aromatic heterocycles. The van der Waals surface area contributed by atoms with Gasteiger partial charge in [0.25, 0.3) is 5.91 Å². The Morgan fingerprint density at radius 1 is 1.09 bits per heavy atom. The first kappa shape index (κ1) is 15.4. The maximum absolute atomic E-state index is 12.1. The molecule has 0 saturated carbocycles. The van der Waals surface area contributed by atoms with Crippen molar-refractivity contribution >= 4 is 11.6 Å². The van der Waals surface area contributed by atoms with Crippen molar-refractivity contribution in [1.29, 1.82) is 0 Å². The van der Waals surface area contributed by atoms with Crippen molar-refractivity contribution in [3.05, 3.63) is 53.6 Å². The summed E-state index contributed by atoms with van der Waals surface area (Å²) in [6.45, 7) is 2.45. The molecule has 0 unspecified atom stereocenters. The summed E-state index contributed by atoms with van der Waals surface area (Å²) in [7, 11) is 0. The van der Waals surface area contributed by atoms with E-state index in [0.717, 1.165) is 18.6 Å². The molecule has 4 heteroatoms. The standard InChI is InChI=1S/C19H21NO3/c1-2-22-18-9-4-3-8-17(18)20-19(21)13-23-16-11-10-14-6-5-7-15(14)12-16/h3-4,8-12H,2,5-7,13H2,1H3,(H,20,21). The lowest BCUT2D eigenvalue weighted by Crippen LogP contribution is -2.20. The third-order valence-corrected chi connectivity index (χ3v) is 3.90. The molecule has 1 aliphatic carbocycles.